The lowest BCUT2D eigenvalue weighted by atomic mass is 10.1. The van der Waals surface area contributed by atoms with Gasteiger partial charge in [-0.2, -0.15) is 5.06 Å². The molecule has 0 aromatic heterocycles. The van der Waals surface area contributed by atoms with E-state index in [9.17, 15) is 4.79 Å². The third-order valence-corrected chi connectivity index (χ3v) is 1.30. The number of aliphatic hydroxyl groups is 1. The first-order valence-corrected chi connectivity index (χ1v) is 4.47. The maximum atomic E-state index is 10.5. The molecule has 0 aromatic carbocycles. The number of hydroxylamine groups is 2. The van der Waals surface area contributed by atoms with Crippen molar-refractivity contribution in [3.8, 4) is 0 Å². The highest BCUT2D eigenvalue weighted by molar-refractivity contribution is 5.79. The number of carbonyl (C=O) groups is 1. The number of carbonyl (C=O) groups excluding carboxylic acids is 1. The first-order valence-electron chi connectivity index (χ1n) is 4.47. The van der Waals surface area contributed by atoms with Crippen LogP contribution in [0.25, 0.3) is 0 Å². The smallest absolute Gasteiger partial charge is 0.135 e. The molecule has 1 aliphatic rings. The molecule has 1 aliphatic heterocycles. The second-order valence-electron chi connectivity index (χ2n) is 4.16. The molecule has 1 saturated heterocycles. The van der Waals surface area contributed by atoms with Gasteiger partial charge in [0.15, 0.2) is 0 Å². The van der Waals surface area contributed by atoms with Crippen LogP contribution in [0.2, 0.25) is 0 Å². The number of ketones is 1. The Labute approximate surface area is 79.1 Å². The van der Waals surface area contributed by atoms with Gasteiger partial charge in [0.25, 0.3) is 0 Å². The Morgan fingerprint density at radius 1 is 1.23 bits per heavy atom. The zero-order valence-corrected chi connectivity index (χ0v) is 8.58. The molecular weight excluding hydrogens is 170 g/mol. The summed E-state index contributed by atoms with van der Waals surface area (Å²) in [4.78, 5) is 10.5. The van der Waals surface area contributed by atoms with Crippen molar-refractivity contribution in [1.82, 2.24) is 5.06 Å². The average molecular weight is 189 g/mol. The van der Waals surface area contributed by atoms with E-state index in [-0.39, 0.29) is 5.78 Å². The molecule has 0 aliphatic carbocycles. The predicted molar refractivity (Wildman–Crippen MR) is 49.6 cm³/mol. The van der Waals surface area contributed by atoms with E-state index in [1.807, 2.05) is 0 Å². The van der Waals surface area contributed by atoms with Crippen molar-refractivity contribution >= 4 is 5.78 Å². The minimum absolute atomic E-state index is 0.260. The first-order chi connectivity index (χ1) is 5.79. The Balaban J connectivity index is 0.000000252. The van der Waals surface area contributed by atoms with Crippen LogP contribution >= 0.6 is 0 Å². The second-order valence-corrected chi connectivity index (χ2v) is 4.16. The van der Waals surface area contributed by atoms with Gasteiger partial charge in [-0.3, -0.25) is 4.79 Å². The van der Waals surface area contributed by atoms with Gasteiger partial charge in [0.2, 0.25) is 0 Å². The van der Waals surface area contributed by atoms with Crippen LogP contribution in [0, 0.1) is 0 Å². The molecule has 1 fully saturated rings. The molecule has 13 heavy (non-hydrogen) atoms. The lowest BCUT2D eigenvalue weighted by Gasteiger charge is -2.17. The van der Waals surface area contributed by atoms with Gasteiger partial charge >= 0.3 is 0 Å². The Morgan fingerprint density at radius 2 is 1.54 bits per heavy atom. The number of hydrogen-bond acceptors (Lipinski definition) is 4. The SMILES string of the molecule is CC(C)(C)O.O=C1CCN(O)CC1. The molecule has 0 aromatic rings. The van der Waals surface area contributed by atoms with Crippen molar-refractivity contribution < 1.29 is 15.1 Å². The van der Waals surface area contributed by atoms with Crippen molar-refractivity contribution in [3.05, 3.63) is 0 Å². The van der Waals surface area contributed by atoms with Gasteiger partial charge in [-0.05, 0) is 20.8 Å². The average Bonchev–Trinajstić information content (AvgIpc) is 1.92. The van der Waals surface area contributed by atoms with E-state index in [1.165, 1.54) is 5.06 Å². The van der Waals surface area contributed by atoms with Crippen molar-refractivity contribution in [2.24, 2.45) is 0 Å². The Kier molecular flexibility index (Phi) is 5.13. The van der Waals surface area contributed by atoms with Gasteiger partial charge < -0.3 is 10.3 Å². The summed E-state index contributed by atoms with van der Waals surface area (Å²) in [6.45, 7) is 6.25. The van der Waals surface area contributed by atoms with Crippen LogP contribution in [0.3, 0.4) is 0 Å². The third-order valence-electron chi connectivity index (χ3n) is 1.30. The van der Waals surface area contributed by atoms with Gasteiger partial charge in [-0.15, -0.1) is 0 Å². The summed E-state index contributed by atoms with van der Waals surface area (Å²) in [5.41, 5.74) is -0.500. The van der Waals surface area contributed by atoms with E-state index < -0.39 is 5.60 Å². The van der Waals surface area contributed by atoms with Crippen molar-refractivity contribution in [1.29, 1.82) is 0 Å². The van der Waals surface area contributed by atoms with Crippen LogP contribution < -0.4 is 0 Å². The van der Waals surface area contributed by atoms with Gasteiger partial charge in [0.05, 0.1) is 5.60 Å². The van der Waals surface area contributed by atoms with Crippen LogP contribution in [-0.4, -0.2) is 39.9 Å². The zero-order valence-electron chi connectivity index (χ0n) is 8.58. The van der Waals surface area contributed by atoms with Crippen LogP contribution in [-0.2, 0) is 4.79 Å². The third kappa shape index (κ3) is 11.5. The molecule has 0 radical (unpaired) electrons. The van der Waals surface area contributed by atoms with Crippen molar-refractivity contribution in [2.75, 3.05) is 13.1 Å². The van der Waals surface area contributed by atoms with Crippen LogP contribution in [0.15, 0.2) is 0 Å². The van der Waals surface area contributed by atoms with E-state index in [4.69, 9.17) is 10.3 Å². The van der Waals surface area contributed by atoms with Crippen LogP contribution in [0.4, 0.5) is 0 Å². The number of hydrogen-bond donors (Lipinski definition) is 2. The highest BCUT2D eigenvalue weighted by Gasteiger charge is 2.12. The molecule has 0 spiro atoms. The highest BCUT2D eigenvalue weighted by atomic mass is 16.5. The Bertz CT molecular complexity index is 147. The van der Waals surface area contributed by atoms with E-state index >= 15 is 0 Å². The predicted octanol–water partition coefficient (Wildman–Crippen LogP) is 0.818. The number of piperidine rings is 1. The lowest BCUT2D eigenvalue weighted by molar-refractivity contribution is -0.138. The molecular formula is C9H19NO3. The topological polar surface area (TPSA) is 60.8 Å². The fourth-order valence-corrected chi connectivity index (χ4v) is 0.744. The minimum atomic E-state index is -0.500. The van der Waals surface area contributed by atoms with E-state index in [0.717, 1.165) is 0 Å². The molecule has 0 atom stereocenters. The normalized spacial score (nSPS) is 19.3. The standard InChI is InChI=1S/C5H9NO2.C4H10O/c7-5-1-3-6(8)4-2-5;1-4(2,3)5/h8H,1-4H2;5H,1-3H3. The zero-order chi connectivity index (χ0) is 10.5. The largest absolute Gasteiger partial charge is 0.391 e. The monoisotopic (exact) mass is 189 g/mol. The van der Waals surface area contributed by atoms with Crippen LogP contribution in [0.1, 0.15) is 33.6 Å². The fraction of sp³-hybridized carbons (Fsp3) is 0.889. The molecule has 2 N–H and O–H groups in total. The van der Waals surface area contributed by atoms with Gasteiger partial charge in [0.1, 0.15) is 5.78 Å². The van der Waals surface area contributed by atoms with E-state index in [0.29, 0.717) is 25.9 Å². The van der Waals surface area contributed by atoms with Gasteiger partial charge in [-0.25, -0.2) is 0 Å². The molecule has 0 bridgehead atoms. The van der Waals surface area contributed by atoms with Crippen LogP contribution in [0.5, 0.6) is 0 Å². The summed E-state index contributed by atoms with van der Waals surface area (Å²) in [6.07, 6.45) is 1.02. The summed E-state index contributed by atoms with van der Waals surface area (Å²) in [7, 11) is 0. The molecule has 0 amide bonds. The van der Waals surface area contributed by atoms with Gasteiger partial charge in [-0.1, -0.05) is 0 Å². The number of nitrogens with zero attached hydrogens (tertiary/aromatic N) is 1. The maximum Gasteiger partial charge on any atom is 0.135 e. The second kappa shape index (κ2) is 5.32. The summed E-state index contributed by atoms with van der Waals surface area (Å²) in [6, 6.07) is 0. The highest BCUT2D eigenvalue weighted by Crippen LogP contribution is 2.00. The summed E-state index contributed by atoms with van der Waals surface area (Å²) >= 11 is 0. The molecule has 78 valence electrons. The molecule has 0 unspecified atom stereocenters. The maximum absolute atomic E-state index is 10.5. The van der Waals surface area contributed by atoms with E-state index in [1.54, 1.807) is 20.8 Å². The Hall–Kier alpha value is -0.450. The van der Waals surface area contributed by atoms with Crippen molar-refractivity contribution in [3.63, 3.8) is 0 Å². The fourth-order valence-electron chi connectivity index (χ4n) is 0.744. The quantitative estimate of drug-likeness (QED) is 0.592. The number of rotatable bonds is 0. The Morgan fingerprint density at radius 3 is 1.77 bits per heavy atom. The molecule has 4 heteroatoms. The summed E-state index contributed by atoms with van der Waals surface area (Å²) in [5, 5.41) is 18.4. The van der Waals surface area contributed by atoms with Gasteiger partial charge in [0, 0.05) is 25.9 Å². The summed E-state index contributed by atoms with van der Waals surface area (Å²) in [5.74, 6) is 0.260. The number of Topliss-reactive ketones (excluding diaryl/α,β-unsaturated/α-hetero) is 1. The minimum Gasteiger partial charge on any atom is -0.391 e. The molecule has 4 nitrogen and oxygen atoms in total. The van der Waals surface area contributed by atoms with Crippen molar-refractivity contribution in [2.45, 2.75) is 39.2 Å². The summed E-state index contributed by atoms with van der Waals surface area (Å²) < 4.78 is 0. The first kappa shape index (κ1) is 12.6. The van der Waals surface area contributed by atoms with E-state index in [2.05, 4.69) is 0 Å². The molecule has 0 saturated carbocycles. The molecule has 1 heterocycles. The lowest BCUT2D eigenvalue weighted by Crippen LogP contribution is -2.30. The molecule has 1 rings (SSSR count).